The molecular weight excluding hydrogens is 182 g/mol. The van der Waals surface area contributed by atoms with E-state index in [-0.39, 0.29) is 12.0 Å². The maximum atomic E-state index is 11.7. The minimum Gasteiger partial charge on any atom is -0.389 e. The number of likely N-dealkylation sites (N-methyl/N-ethyl adjacent to an activating group) is 1. The molecule has 0 bridgehead atoms. The fourth-order valence-corrected chi connectivity index (χ4v) is 1.68. The van der Waals surface area contributed by atoms with Crippen LogP contribution in [0.2, 0.25) is 0 Å². The average molecular weight is 201 g/mol. The lowest BCUT2D eigenvalue weighted by atomic mass is 10.1. The van der Waals surface area contributed by atoms with Crippen molar-refractivity contribution < 1.29 is 14.6 Å². The molecule has 82 valence electrons. The summed E-state index contributed by atoms with van der Waals surface area (Å²) in [5, 5.41) is 9.55. The van der Waals surface area contributed by atoms with Crippen LogP contribution in [0.1, 0.15) is 26.7 Å². The first-order valence-corrected chi connectivity index (χ1v) is 4.99. The van der Waals surface area contributed by atoms with Crippen molar-refractivity contribution in [2.75, 3.05) is 20.2 Å². The summed E-state index contributed by atoms with van der Waals surface area (Å²) in [6, 6.07) is 0. The van der Waals surface area contributed by atoms with Crippen LogP contribution in [0.15, 0.2) is 0 Å². The fourth-order valence-electron chi connectivity index (χ4n) is 1.68. The normalized spacial score (nSPS) is 22.4. The molecule has 1 fully saturated rings. The highest BCUT2D eigenvalue weighted by Crippen LogP contribution is 2.15. The molecule has 1 saturated heterocycles. The van der Waals surface area contributed by atoms with Gasteiger partial charge in [0.15, 0.2) is 0 Å². The minimum atomic E-state index is -0.844. The molecule has 0 saturated carbocycles. The van der Waals surface area contributed by atoms with Crippen molar-refractivity contribution in [2.45, 2.75) is 38.4 Å². The SMILES string of the molecule is CN(CC(C)(C)O)C(=O)C1CCCO1. The van der Waals surface area contributed by atoms with Gasteiger partial charge in [0, 0.05) is 20.2 Å². The third kappa shape index (κ3) is 3.27. The Morgan fingerprint density at radius 2 is 2.29 bits per heavy atom. The summed E-state index contributed by atoms with van der Waals surface area (Å²) in [7, 11) is 1.70. The van der Waals surface area contributed by atoms with E-state index in [9.17, 15) is 9.90 Å². The lowest BCUT2D eigenvalue weighted by Gasteiger charge is -2.27. The highest BCUT2D eigenvalue weighted by Gasteiger charge is 2.28. The first-order valence-electron chi connectivity index (χ1n) is 4.99. The number of ether oxygens (including phenoxy) is 1. The van der Waals surface area contributed by atoms with Gasteiger partial charge < -0.3 is 14.7 Å². The summed E-state index contributed by atoms with van der Waals surface area (Å²) in [6.45, 7) is 4.39. The first kappa shape index (κ1) is 11.5. The van der Waals surface area contributed by atoms with Crippen molar-refractivity contribution in [3.05, 3.63) is 0 Å². The Morgan fingerprint density at radius 1 is 1.64 bits per heavy atom. The molecule has 4 heteroatoms. The number of hydrogen-bond acceptors (Lipinski definition) is 3. The van der Waals surface area contributed by atoms with Crippen LogP contribution in [-0.2, 0) is 9.53 Å². The molecule has 0 aromatic heterocycles. The summed E-state index contributed by atoms with van der Waals surface area (Å²) in [5.41, 5.74) is -0.844. The number of hydrogen-bond donors (Lipinski definition) is 1. The zero-order valence-electron chi connectivity index (χ0n) is 9.12. The number of amides is 1. The molecule has 1 aliphatic heterocycles. The Labute approximate surface area is 84.8 Å². The Balaban J connectivity index is 2.43. The van der Waals surface area contributed by atoms with Crippen LogP contribution in [-0.4, -0.2) is 47.8 Å². The quantitative estimate of drug-likeness (QED) is 0.719. The van der Waals surface area contributed by atoms with Crippen LogP contribution in [0, 0.1) is 0 Å². The van der Waals surface area contributed by atoms with Crippen LogP contribution in [0.4, 0.5) is 0 Å². The lowest BCUT2D eigenvalue weighted by molar-refractivity contribution is -0.142. The highest BCUT2D eigenvalue weighted by molar-refractivity contribution is 5.80. The van der Waals surface area contributed by atoms with E-state index in [1.807, 2.05) is 0 Å². The van der Waals surface area contributed by atoms with Crippen molar-refractivity contribution in [3.8, 4) is 0 Å². The van der Waals surface area contributed by atoms with E-state index in [2.05, 4.69) is 0 Å². The number of nitrogens with zero attached hydrogens (tertiary/aromatic N) is 1. The molecular formula is C10H19NO3. The minimum absolute atomic E-state index is 0.0235. The van der Waals surface area contributed by atoms with E-state index >= 15 is 0 Å². The van der Waals surface area contributed by atoms with Gasteiger partial charge in [-0.25, -0.2) is 0 Å². The third-order valence-corrected chi connectivity index (χ3v) is 2.21. The van der Waals surface area contributed by atoms with E-state index in [1.54, 1.807) is 20.9 Å². The average Bonchev–Trinajstić information content (AvgIpc) is 2.51. The van der Waals surface area contributed by atoms with E-state index in [0.29, 0.717) is 13.2 Å². The molecule has 1 rings (SSSR count). The molecule has 0 aromatic rings. The summed E-state index contributed by atoms with van der Waals surface area (Å²) in [4.78, 5) is 13.3. The predicted molar refractivity (Wildman–Crippen MR) is 52.9 cm³/mol. The van der Waals surface area contributed by atoms with Crippen molar-refractivity contribution in [1.82, 2.24) is 4.90 Å². The molecule has 1 atom stereocenters. The van der Waals surface area contributed by atoms with E-state index in [1.165, 1.54) is 4.90 Å². The molecule has 1 heterocycles. The molecule has 1 unspecified atom stereocenters. The molecule has 0 aliphatic carbocycles. The van der Waals surface area contributed by atoms with Crippen molar-refractivity contribution in [1.29, 1.82) is 0 Å². The van der Waals surface area contributed by atoms with Gasteiger partial charge in [0.25, 0.3) is 5.91 Å². The van der Waals surface area contributed by atoms with Crippen LogP contribution in [0.5, 0.6) is 0 Å². The largest absolute Gasteiger partial charge is 0.389 e. The van der Waals surface area contributed by atoms with Crippen molar-refractivity contribution in [3.63, 3.8) is 0 Å². The maximum absolute atomic E-state index is 11.7. The van der Waals surface area contributed by atoms with Gasteiger partial charge in [-0.15, -0.1) is 0 Å². The molecule has 0 spiro atoms. The summed E-state index contributed by atoms with van der Waals surface area (Å²) in [5.74, 6) is -0.0235. The van der Waals surface area contributed by atoms with Gasteiger partial charge in [0.1, 0.15) is 6.10 Å². The number of aliphatic hydroxyl groups is 1. The molecule has 0 aromatic carbocycles. The zero-order valence-corrected chi connectivity index (χ0v) is 9.12. The number of carbonyl (C=O) groups excluding carboxylic acids is 1. The Kier molecular flexibility index (Phi) is 3.50. The molecule has 0 radical (unpaired) electrons. The molecule has 1 N–H and O–H groups in total. The van der Waals surface area contributed by atoms with Gasteiger partial charge in [-0.05, 0) is 26.7 Å². The number of rotatable bonds is 3. The van der Waals surface area contributed by atoms with Crippen molar-refractivity contribution in [2.24, 2.45) is 0 Å². The summed E-state index contributed by atoms with van der Waals surface area (Å²) >= 11 is 0. The zero-order chi connectivity index (χ0) is 10.8. The predicted octanol–water partition coefficient (Wildman–Crippen LogP) is 0.395. The fraction of sp³-hybridized carbons (Fsp3) is 0.900. The maximum Gasteiger partial charge on any atom is 0.251 e. The second-order valence-corrected chi connectivity index (χ2v) is 4.51. The summed E-state index contributed by atoms with van der Waals surface area (Å²) in [6.07, 6.45) is 1.46. The standard InChI is InChI=1S/C10H19NO3/c1-10(2,13)7-11(3)9(12)8-5-4-6-14-8/h8,13H,4-7H2,1-3H3. The molecule has 1 amide bonds. The van der Waals surface area contributed by atoms with Gasteiger partial charge in [-0.3, -0.25) is 4.79 Å². The smallest absolute Gasteiger partial charge is 0.251 e. The lowest BCUT2D eigenvalue weighted by Crippen LogP contribution is -2.43. The Hall–Kier alpha value is -0.610. The Bertz CT molecular complexity index is 204. The molecule has 4 nitrogen and oxygen atoms in total. The van der Waals surface area contributed by atoms with E-state index in [0.717, 1.165) is 12.8 Å². The van der Waals surface area contributed by atoms with Gasteiger partial charge >= 0.3 is 0 Å². The monoisotopic (exact) mass is 201 g/mol. The molecule has 14 heavy (non-hydrogen) atoms. The van der Waals surface area contributed by atoms with Gasteiger partial charge in [-0.1, -0.05) is 0 Å². The van der Waals surface area contributed by atoms with Crippen LogP contribution in [0.25, 0.3) is 0 Å². The number of carbonyl (C=O) groups is 1. The highest BCUT2D eigenvalue weighted by atomic mass is 16.5. The first-order chi connectivity index (χ1) is 6.40. The third-order valence-electron chi connectivity index (χ3n) is 2.21. The summed E-state index contributed by atoms with van der Waals surface area (Å²) < 4.78 is 5.28. The topological polar surface area (TPSA) is 49.8 Å². The Morgan fingerprint density at radius 3 is 2.71 bits per heavy atom. The van der Waals surface area contributed by atoms with Crippen LogP contribution >= 0.6 is 0 Å². The second kappa shape index (κ2) is 4.28. The molecule has 1 aliphatic rings. The van der Waals surface area contributed by atoms with Crippen LogP contribution in [0.3, 0.4) is 0 Å². The van der Waals surface area contributed by atoms with Gasteiger partial charge in [-0.2, -0.15) is 0 Å². The van der Waals surface area contributed by atoms with Crippen molar-refractivity contribution >= 4 is 5.91 Å². The van der Waals surface area contributed by atoms with E-state index in [4.69, 9.17) is 4.74 Å². The van der Waals surface area contributed by atoms with Gasteiger partial charge in [0.05, 0.1) is 5.60 Å². The second-order valence-electron chi connectivity index (χ2n) is 4.51. The van der Waals surface area contributed by atoms with Crippen LogP contribution < -0.4 is 0 Å². The van der Waals surface area contributed by atoms with E-state index < -0.39 is 5.60 Å². The van der Waals surface area contributed by atoms with Gasteiger partial charge in [0.2, 0.25) is 0 Å².